The summed E-state index contributed by atoms with van der Waals surface area (Å²) in [6.07, 6.45) is 0. The Hall–Kier alpha value is 0.342. The van der Waals surface area contributed by atoms with Crippen LogP contribution in [0.25, 0.3) is 0 Å². The number of hydrogen-bond acceptors (Lipinski definition) is 0. The van der Waals surface area contributed by atoms with Gasteiger partial charge in [-0.2, -0.15) is 0 Å². The molecule has 0 unspecified atom stereocenters. The van der Waals surface area contributed by atoms with Gasteiger partial charge in [-0.05, 0) is 0 Å². The van der Waals surface area contributed by atoms with Crippen LogP contribution < -0.4 is 0 Å². The van der Waals surface area contributed by atoms with E-state index in [4.69, 9.17) is 0 Å². The third kappa shape index (κ3) is 203. The molecule has 5 heteroatoms. The Kier molecular flexibility index (Phi) is 4620. The van der Waals surface area contributed by atoms with Crippen LogP contribution in [0.1, 0.15) is 0 Å². The van der Waals surface area contributed by atoms with Crippen LogP contribution in [-0.2, 0) is 0 Å². The van der Waals surface area contributed by atoms with E-state index in [2.05, 4.69) is 0 Å². The van der Waals surface area contributed by atoms with E-state index in [0.29, 0.717) is 0 Å². The lowest BCUT2D eigenvalue weighted by atomic mass is 16.0. The fraction of sp³-hybridized carbons (Fsp3) is 0. The standard InChI is InChI=1S/Al.FH.3H2O.2H/h;1H;3*1H2;;/q+1;;;;;;/p-1. The van der Waals surface area contributed by atoms with Crippen molar-refractivity contribution < 1.29 is 20.0 Å². The third-order valence-electron chi connectivity index (χ3n) is 0. The lowest BCUT2D eigenvalue weighted by Gasteiger charge is -1.08. The molecule has 0 aliphatic carbocycles. The normalized spacial score (nSPS) is 1.00. The van der Waals surface area contributed by atoms with E-state index < -0.39 is 0 Å². The second kappa shape index (κ2) is 414. The molecule has 3 nitrogen and oxygen atoms in total. The topological polar surface area (TPSA) is 94.5 Å². The van der Waals surface area contributed by atoms with E-state index in [0.717, 1.165) is 0 Å². The fourth-order valence-corrected chi connectivity index (χ4v) is 0. The quantitative estimate of drug-likeness (QED) is 0.292. The molecule has 6 N–H and O–H groups in total. The van der Waals surface area contributed by atoms with Crippen molar-refractivity contribution in [3.63, 3.8) is 0 Å². The molecule has 0 radical (unpaired) electrons. The molecule has 0 aliphatic rings. The summed E-state index contributed by atoms with van der Waals surface area (Å²) in [6.45, 7) is 0. The van der Waals surface area contributed by atoms with Crippen molar-refractivity contribution in [2.24, 2.45) is 0 Å². The van der Waals surface area contributed by atoms with Crippen LogP contribution in [0, 0.1) is 0 Å². The van der Waals surface area contributed by atoms with Crippen molar-refractivity contribution in [2.45, 2.75) is 0 Å². The van der Waals surface area contributed by atoms with Crippen LogP contribution in [0.5, 0.6) is 0 Å². The Labute approximate surface area is 37.6 Å². The van der Waals surface area contributed by atoms with Crippen molar-refractivity contribution in [3.05, 3.63) is 0 Å². The predicted octanol–water partition coefficient (Wildman–Crippen LogP) is -2.97. The van der Waals surface area contributed by atoms with E-state index in [1.54, 1.807) is 0 Å². The van der Waals surface area contributed by atoms with Gasteiger partial charge in [-0.1, -0.05) is 0 Å². The van der Waals surface area contributed by atoms with E-state index >= 15 is 0 Å². The van der Waals surface area contributed by atoms with Gasteiger partial charge in [-0.25, -0.2) is 0 Å². The maximum Gasteiger partial charge on any atom is 0.472 e. The average molecular weight is 102 g/mol. The zero-order valence-corrected chi connectivity index (χ0v) is 4.88. The van der Waals surface area contributed by atoms with Crippen molar-refractivity contribution in [1.82, 2.24) is 0 Å². The van der Waals surface area contributed by atoms with Gasteiger partial charge in [0.2, 0.25) is 0 Å². The zero-order chi connectivity index (χ0) is 2.00. The molecule has 0 fully saturated rings. The fourth-order valence-electron chi connectivity index (χ4n) is 0. The Balaban J connectivity index is -0.00000000167. The minimum absolute atomic E-state index is 0. The molecule has 0 bridgehead atoms. The maximum absolute atomic E-state index is 9.64. The van der Waals surface area contributed by atoms with E-state index in [9.17, 15) is 3.52 Å². The van der Waals surface area contributed by atoms with Crippen LogP contribution in [0.15, 0.2) is 0 Å². The predicted molar refractivity (Wildman–Crippen MR) is 20.5 cm³/mol. The molecular formula is H8AlFO3. The number of hydrogen-bond donors (Lipinski definition) is 0. The molecule has 0 atom stereocenters. The highest BCUT2D eigenvalue weighted by atomic mass is 27.1. The SMILES string of the molecule is O.O.O.[F][AlH2]. The van der Waals surface area contributed by atoms with Gasteiger partial charge >= 0.3 is 16.7 Å². The minimum Gasteiger partial charge on any atom is -0.430 e. The van der Waals surface area contributed by atoms with Crippen LogP contribution in [0.4, 0.5) is 3.52 Å². The van der Waals surface area contributed by atoms with Crippen LogP contribution >= 0.6 is 0 Å². The van der Waals surface area contributed by atoms with Gasteiger partial charge in [-0.15, -0.1) is 0 Å². The summed E-state index contributed by atoms with van der Waals surface area (Å²) in [7, 11) is 0. The first-order valence-electron chi connectivity index (χ1n) is 0.378. The maximum atomic E-state index is 9.64. The van der Waals surface area contributed by atoms with Gasteiger partial charge in [0.25, 0.3) is 0 Å². The summed E-state index contributed by atoms with van der Waals surface area (Å²) in [5.74, 6) is 0. The van der Waals surface area contributed by atoms with E-state index in [1.807, 2.05) is 0 Å². The van der Waals surface area contributed by atoms with Gasteiger partial charge in [0.05, 0.1) is 0 Å². The molecule has 0 aromatic rings. The van der Waals surface area contributed by atoms with E-state index in [1.165, 1.54) is 0 Å². The van der Waals surface area contributed by atoms with Crippen LogP contribution in [0.2, 0.25) is 0 Å². The molecule has 0 amide bonds. The monoisotopic (exact) mass is 102 g/mol. The lowest BCUT2D eigenvalue weighted by Crippen LogP contribution is -1.06. The molecule has 5 heavy (non-hydrogen) atoms. The largest absolute Gasteiger partial charge is 0.472 e. The van der Waals surface area contributed by atoms with E-state index in [-0.39, 0.29) is 33.2 Å². The average Bonchev–Trinajstić information content (AvgIpc) is 1.00. The molecule has 0 saturated heterocycles. The van der Waals surface area contributed by atoms with Crippen LogP contribution in [0.3, 0.4) is 0 Å². The third-order valence-corrected chi connectivity index (χ3v) is 0. The summed E-state index contributed by atoms with van der Waals surface area (Å²) < 4.78 is 9.64. The van der Waals surface area contributed by atoms with Crippen molar-refractivity contribution in [1.29, 1.82) is 0 Å². The highest BCUT2D eigenvalue weighted by Crippen LogP contribution is 1.10. The van der Waals surface area contributed by atoms with Gasteiger partial charge < -0.3 is 20.0 Å². The zero-order valence-electron chi connectivity index (χ0n) is 2.88. The van der Waals surface area contributed by atoms with Crippen molar-refractivity contribution in [2.75, 3.05) is 0 Å². The van der Waals surface area contributed by atoms with Gasteiger partial charge in [0.15, 0.2) is 0 Å². The highest BCUT2D eigenvalue weighted by Gasteiger charge is 1.12. The molecule has 0 spiro atoms. The summed E-state index contributed by atoms with van der Waals surface area (Å²) in [5.41, 5.74) is 0. The molecule has 0 aromatic carbocycles. The van der Waals surface area contributed by atoms with Gasteiger partial charge in [0.1, 0.15) is 0 Å². The summed E-state index contributed by atoms with van der Waals surface area (Å²) in [4.78, 5) is 0. The van der Waals surface area contributed by atoms with Gasteiger partial charge in [0, 0.05) is 0 Å². The first-order valence-corrected chi connectivity index (χ1v) is 1.13. The Morgan fingerprint density at radius 1 is 0.800 bits per heavy atom. The smallest absolute Gasteiger partial charge is 0.430 e. The Morgan fingerprint density at radius 2 is 0.800 bits per heavy atom. The molecular weight excluding hydrogens is 94.0 g/mol. The van der Waals surface area contributed by atoms with Crippen molar-refractivity contribution in [3.8, 4) is 0 Å². The Morgan fingerprint density at radius 3 is 0.800 bits per heavy atom. The molecule has 0 rings (SSSR count). The highest BCUT2D eigenvalue weighted by molar-refractivity contribution is 5.96. The number of rotatable bonds is 0. The van der Waals surface area contributed by atoms with Crippen LogP contribution in [-0.4, -0.2) is 33.2 Å². The van der Waals surface area contributed by atoms with Crippen molar-refractivity contribution >= 4 is 16.7 Å². The van der Waals surface area contributed by atoms with Gasteiger partial charge in [-0.3, -0.25) is 0 Å². The molecule has 0 aliphatic heterocycles. The Bertz CT molecular complexity index is 6.85. The second-order valence-corrected chi connectivity index (χ2v) is 0. The molecule has 0 heterocycles. The summed E-state index contributed by atoms with van der Waals surface area (Å²) >= 11 is -0.194. The summed E-state index contributed by atoms with van der Waals surface area (Å²) in [5, 5.41) is 0. The molecule has 0 saturated carbocycles. The molecule has 0 aromatic heterocycles. The summed E-state index contributed by atoms with van der Waals surface area (Å²) in [6, 6.07) is 0. The molecule has 36 valence electrons. The minimum atomic E-state index is -0.194. The first kappa shape index (κ1) is 55.9. The second-order valence-electron chi connectivity index (χ2n) is 0. The lowest BCUT2D eigenvalue weighted by molar-refractivity contribution is 0.823. The first-order chi connectivity index (χ1) is 1.00. The number of halogens is 1.